The van der Waals surface area contributed by atoms with Gasteiger partial charge in [0.15, 0.2) is 11.6 Å². The number of fused-ring (bicyclic) bond motifs is 2. The molecule has 0 atom stereocenters. The lowest BCUT2D eigenvalue weighted by Gasteiger charge is -2.27. The highest BCUT2D eigenvalue weighted by Crippen LogP contribution is 2.34. The predicted octanol–water partition coefficient (Wildman–Crippen LogP) is 2.66. The molecule has 2 aliphatic heterocycles. The van der Waals surface area contributed by atoms with Crippen molar-refractivity contribution in [3.8, 4) is 5.75 Å². The van der Waals surface area contributed by atoms with Crippen LogP contribution in [0, 0.1) is 5.82 Å². The minimum Gasteiger partial charge on any atom is -0.491 e. The largest absolute Gasteiger partial charge is 0.491 e. The summed E-state index contributed by atoms with van der Waals surface area (Å²) in [6, 6.07) is 10.3. The van der Waals surface area contributed by atoms with Crippen molar-refractivity contribution in [1.29, 1.82) is 0 Å². The molecule has 1 aromatic heterocycles. The molecule has 0 spiro atoms. The smallest absolute Gasteiger partial charge is 0.275 e. The zero-order chi connectivity index (χ0) is 23.7. The minimum atomic E-state index is -0.407. The number of carbonyl (C=O) groups is 1. The van der Waals surface area contributed by atoms with Gasteiger partial charge in [-0.3, -0.25) is 14.6 Å². The maximum Gasteiger partial charge on any atom is 0.275 e. The first kappa shape index (κ1) is 22.2. The van der Waals surface area contributed by atoms with Crippen LogP contribution in [0.2, 0.25) is 0 Å². The van der Waals surface area contributed by atoms with E-state index >= 15 is 0 Å². The highest BCUT2D eigenvalue weighted by Gasteiger charge is 2.22. The van der Waals surface area contributed by atoms with E-state index < -0.39 is 5.82 Å². The second-order valence-electron chi connectivity index (χ2n) is 8.32. The topological polar surface area (TPSA) is 86.0 Å². The number of benzene rings is 2. The molecule has 8 nitrogen and oxygen atoms in total. The lowest BCUT2D eigenvalue weighted by molar-refractivity contribution is -0.136. The molecule has 0 saturated carbocycles. The first-order valence-electron chi connectivity index (χ1n) is 11.4. The molecule has 0 N–H and O–H groups in total. The van der Waals surface area contributed by atoms with Gasteiger partial charge < -0.3 is 14.4 Å². The summed E-state index contributed by atoms with van der Waals surface area (Å²) >= 11 is 0. The van der Waals surface area contributed by atoms with Gasteiger partial charge in [0.25, 0.3) is 5.56 Å². The fraction of sp³-hybridized carbons (Fsp3) is 0.360. The summed E-state index contributed by atoms with van der Waals surface area (Å²) in [7, 11) is 0. The van der Waals surface area contributed by atoms with Gasteiger partial charge in [0.1, 0.15) is 6.54 Å². The zero-order valence-electron chi connectivity index (χ0n) is 18.9. The van der Waals surface area contributed by atoms with Crippen molar-refractivity contribution in [3.63, 3.8) is 0 Å². The van der Waals surface area contributed by atoms with Crippen LogP contribution >= 0.6 is 0 Å². The van der Waals surface area contributed by atoms with E-state index in [4.69, 9.17) is 9.47 Å². The standard InChI is InChI=1S/C25H25FN4O4/c1-2-34-23-14-21-16(12-20(23)26)11-17(27-21)13-22-18-5-3-4-6-19(18)25(32)30(28-22)15-24(31)29-7-9-33-10-8-29/h3-6,12,14H,2,7-11,13,15H2,1H3. The lowest BCUT2D eigenvalue weighted by atomic mass is 10.0. The van der Waals surface area contributed by atoms with Gasteiger partial charge in [-0.05, 0) is 24.6 Å². The SMILES string of the molecule is CCOc1cc2c(cc1F)CC(Cc1nn(CC(=O)N3CCOCC3)c(=O)c3ccccc13)=N2. The quantitative estimate of drug-likeness (QED) is 0.560. The summed E-state index contributed by atoms with van der Waals surface area (Å²) in [5.74, 6) is -0.385. The maximum atomic E-state index is 14.3. The summed E-state index contributed by atoms with van der Waals surface area (Å²) in [5, 5.41) is 5.80. The van der Waals surface area contributed by atoms with Crippen LogP contribution in [0.5, 0.6) is 5.75 Å². The normalized spacial score (nSPS) is 15.4. The van der Waals surface area contributed by atoms with Crippen molar-refractivity contribution in [2.24, 2.45) is 4.99 Å². The highest BCUT2D eigenvalue weighted by atomic mass is 19.1. The lowest BCUT2D eigenvalue weighted by Crippen LogP contribution is -2.44. The van der Waals surface area contributed by atoms with Crippen LogP contribution in [0.4, 0.5) is 10.1 Å². The summed E-state index contributed by atoms with van der Waals surface area (Å²) in [4.78, 5) is 32.2. The first-order chi connectivity index (χ1) is 16.5. The Kier molecular flexibility index (Phi) is 6.10. The van der Waals surface area contributed by atoms with Crippen LogP contribution in [0.3, 0.4) is 0 Å². The molecular weight excluding hydrogens is 439 g/mol. The Morgan fingerprint density at radius 3 is 2.71 bits per heavy atom. The number of amides is 1. The van der Waals surface area contributed by atoms with Crippen LogP contribution in [-0.2, 0) is 28.9 Å². The van der Waals surface area contributed by atoms with E-state index in [1.165, 1.54) is 10.7 Å². The molecule has 0 aliphatic carbocycles. The van der Waals surface area contributed by atoms with E-state index in [2.05, 4.69) is 10.1 Å². The molecule has 5 rings (SSSR count). The monoisotopic (exact) mass is 464 g/mol. The number of hydrogen-bond donors (Lipinski definition) is 0. The molecule has 0 unspecified atom stereocenters. The Labute approximate surface area is 195 Å². The average molecular weight is 464 g/mol. The second-order valence-corrected chi connectivity index (χ2v) is 8.32. The molecule has 9 heteroatoms. The molecule has 176 valence electrons. The average Bonchev–Trinajstić information content (AvgIpc) is 3.23. The molecule has 2 aromatic carbocycles. The number of halogens is 1. The fourth-order valence-corrected chi connectivity index (χ4v) is 4.40. The Morgan fingerprint density at radius 1 is 1.18 bits per heavy atom. The second kappa shape index (κ2) is 9.34. The van der Waals surface area contributed by atoms with Crippen molar-refractivity contribution in [1.82, 2.24) is 14.7 Å². The van der Waals surface area contributed by atoms with Gasteiger partial charge in [-0.15, -0.1) is 0 Å². The third kappa shape index (κ3) is 4.31. The van der Waals surface area contributed by atoms with Crippen molar-refractivity contribution in [3.05, 3.63) is 63.8 Å². The number of rotatable bonds is 6. The number of hydrogen-bond acceptors (Lipinski definition) is 6. The molecule has 1 fully saturated rings. The number of aliphatic imine (C=N–C) groups is 1. The summed E-state index contributed by atoms with van der Waals surface area (Å²) in [5.41, 5.74) is 2.63. The van der Waals surface area contributed by atoms with Gasteiger partial charge in [-0.2, -0.15) is 5.10 Å². The van der Waals surface area contributed by atoms with Gasteiger partial charge in [-0.25, -0.2) is 9.07 Å². The van der Waals surface area contributed by atoms with E-state index in [1.54, 1.807) is 30.0 Å². The van der Waals surface area contributed by atoms with E-state index in [0.29, 0.717) is 62.5 Å². The van der Waals surface area contributed by atoms with Crippen molar-refractivity contribution < 1.29 is 18.7 Å². The number of nitrogens with zero attached hydrogens (tertiary/aromatic N) is 4. The molecular formula is C25H25FN4O4. The van der Waals surface area contributed by atoms with E-state index in [1.807, 2.05) is 12.1 Å². The summed E-state index contributed by atoms with van der Waals surface area (Å²) in [6.45, 7) is 4.02. The Morgan fingerprint density at radius 2 is 1.94 bits per heavy atom. The Hall–Kier alpha value is -3.59. The molecule has 2 aliphatic rings. The third-order valence-electron chi connectivity index (χ3n) is 6.07. The third-order valence-corrected chi connectivity index (χ3v) is 6.07. The van der Waals surface area contributed by atoms with Gasteiger partial charge in [-0.1, -0.05) is 18.2 Å². The zero-order valence-corrected chi connectivity index (χ0v) is 18.9. The van der Waals surface area contributed by atoms with Gasteiger partial charge in [0.05, 0.1) is 36.6 Å². The molecule has 1 amide bonds. The van der Waals surface area contributed by atoms with E-state index in [9.17, 15) is 14.0 Å². The van der Waals surface area contributed by atoms with Crippen LogP contribution in [-0.4, -0.2) is 59.2 Å². The Bertz CT molecular complexity index is 1340. The van der Waals surface area contributed by atoms with Crippen molar-refractivity contribution >= 4 is 28.1 Å². The molecule has 3 heterocycles. The number of morpholine rings is 1. The van der Waals surface area contributed by atoms with Crippen LogP contribution in [0.25, 0.3) is 10.8 Å². The molecule has 0 bridgehead atoms. The van der Waals surface area contributed by atoms with E-state index in [0.717, 1.165) is 16.7 Å². The highest BCUT2D eigenvalue weighted by molar-refractivity contribution is 5.97. The van der Waals surface area contributed by atoms with Crippen molar-refractivity contribution in [2.75, 3.05) is 32.9 Å². The molecule has 0 radical (unpaired) electrons. The molecule has 3 aromatic rings. The van der Waals surface area contributed by atoms with Crippen LogP contribution < -0.4 is 10.3 Å². The fourth-order valence-electron chi connectivity index (χ4n) is 4.40. The predicted molar refractivity (Wildman–Crippen MR) is 125 cm³/mol. The van der Waals surface area contributed by atoms with Crippen molar-refractivity contribution in [2.45, 2.75) is 26.3 Å². The van der Waals surface area contributed by atoms with Crippen LogP contribution in [0.15, 0.2) is 46.2 Å². The number of carbonyl (C=O) groups excluding carboxylic acids is 1. The first-order valence-corrected chi connectivity index (χ1v) is 11.4. The minimum absolute atomic E-state index is 0.133. The van der Waals surface area contributed by atoms with Gasteiger partial charge >= 0.3 is 0 Å². The molecule has 1 saturated heterocycles. The molecule has 34 heavy (non-hydrogen) atoms. The van der Waals surface area contributed by atoms with Gasteiger partial charge in [0.2, 0.25) is 5.91 Å². The van der Waals surface area contributed by atoms with Gasteiger partial charge in [0, 0.05) is 43.1 Å². The Balaban J connectivity index is 1.46. The number of ether oxygens (including phenoxy) is 2. The summed E-state index contributed by atoms with van der Waals surface area (Å²) < 4.78 is 26.2. The maximum absolute atomic E-state index is 14.3. The number of aromatic nitrogens is 2. The van der Waals surface area contributed by atoms with E-state index in [-0.39, 0.29) is 23.8 Å². The summed E-state index contributed by atoms with van der Waals surface area (Å²) in [6.07, 6.45) is 0.868. The van der Waals surface area contributed by atoms with Crippen LogP contribution in [0.1, 0.15) is 18.2 Å².